The highest BCUT2D eigenvalue weighted by atomic mass is 32.2. The second kappa shape index (κ2) is 7.59. The Kier molecular flexibility index (Phi) is 5.27. The first-order valence-electron chi connectivity index (χ1n) is 7.21. The molecular weight excluding hydrogens is 349 g/mol. The Labute approximate surface area is 145 Å². The largest absolute Gasteiger partial charge is 0.351 e. The zero-order valence-corrected chi connectivity index (χ0v) is 14.2. The fourth-order valence-corrected chi connectivity index (χ4v) is 3.63. The van der Waals surface area contributed by atoms with Crippen LogP contribution >= 0.6 is 23.1 Å². The van der Waals surface area contributed by atoms with E-state index in [1.807, 2.05) is 0 Å². The van der Waals surface area contributed by atoms with Crippen molar-refractivity contribution in [2.45, 2.75) is 5.75 Å². The molecular formula is C16H14FN3O2S2. The van der Waals surface area contributed by atoms with Gasteiger partial charge in [0.1, 0.15) is 11.4 Å². The van der Waals surface area contributed by atoms with Crippen LogP contribution in [0.2, 0.25) is 0 Å². The number of hydrogen-bond donors (Lipinski definition) is 1. The van der Waals surface area contributed by atoms with Crippen LogP contribution in [0.25, 0.3) is 4.96 Å². The smallest absolute Gasteiger partial charge is 0.271 e. The van der Waals surface area contributed by atoms with Crippen molar-refractivity contribution in [3.05, 3.63) is 69.3 Å². The normalized spacial score (nSPS) is 10.9. The quantitative estimate of drug-likeness (QED) is 0.684. The van der Waals surface area contributed by atoms with Gasteiger partial charge in [-0.05, 0) is 11.6 Å². The highest BCUT2D eigenvalue weighted by Crippen LogP contribution is 2.14. The Morgan fingerprint density at radius 2 is 2.21 bits per heavy atom. The highest BCUT2D eigenvalue weighted by Gasteiger charge is 2.13. The van der Waals surface area contributed by atoms with Gasteiger partial charge in [-0.2, -0.15) is 11.8 Å². The van der Waals surface area contributed by atoms with Gasteiger partial charge < -0.3 is 5.32 Å². The zero-order chi connectivity index (χ0) is 16.9. The summed E-state index contributed by atoms with van der Waals surface area (Å²) in [4.78, 5) is 28.9. The van der Waals surface area contributed by atoms with Crippen LogP contribution in [0.5, 0.6) is 0 Å². The lowest BCUT2D eigenvalue weighted by atomic mass is 10.2. The molecule has 124 valence electrons. The molecule has 0 radical (unpaired) electrons. The molecule has 0 aliphatic rings. The summed E-state index contributed by atoms with van der Waals surface area (Å²) in [6, 6.07) is 6.62. The molecule has 3 aromatic rings. The van der Waals surface area contributed by atoms with Crippen LogP contribution in [0.1, 0.15) is 15.9 Å². The Bertz CT molecular complexity index is 923. The summed E-state index contributed by atoms with van der Waals surface area (Å²) < 4.78 is 14.8. The van der Waals surface area contributed by atoms with E-state index < -0.39 is 5.91 Å². The van der Waals surface area contributed by atoms with Crippen molar-refractivity contribution in [3.8, 4) is 0 Å². The summed E-state index contributed by atoms with van der Waals surface area (Å²) in [6.45, 7) is 0.393. The highest BCUT2D eigenvalue weighted by molar-refractivity contribution is 7.98. The number of thioether (sulfide) groups is 1. The average Bonchev–Trinajstić information content (AvgIpc) is 3.06. The number of carbonyl (C=O) groups excluding carboxylic acids is 1. The fourth-order valence-electron chi connectivity index (χ4n) is 2.11. The van der Waals surface area contributed by atoms with Crippen LogP contribution < -0.4 is 10.9 Å². The maximum atomic E-state index is 13.5. The molecule has 8 heteroatoms. The number of aromatic nitrogens is 2. The summed E-state index contributed by atoms with van der Waals surface area (Å²) in [7, 11) is 0. The van der Waals surface area contributed by atoms with Crippen LogP contribution in [0.15, 0.2) is 46.8 Å². The van der Waals surface area contributed by atoms with Gasteiger partial charge in [0.25, 0.3) is 11.5 Å². The number of carbonyl (C=O) groups is 1. The number of rotatable bonds is 6. The number of amides is 1. The zero-order valence-electron chi connectivity index (χ0n) is 12.6. The van der Waals surface area contributed by atoms with E-state index in [-0.39, 0.29) is 16.9 Å². The molecule has 1 amide bonds. The lowest BCUT2D eigenvalue weighted by molar-refractivity contribution is 0.0954. The molecule has 2 aromatic heterocycles. The van der Waals surface area contributed by atoms with Crippen LogP contribution in [-0.2, 0) is 5.75 Å². The summed E-state index contributed by atoms with van der Waals surface area (Å²) in [6.07, 6.45) is 2.90. The molecule has 0 aliphatic carbocycles. The third kappa shape index (κ3) is 3.65. The van der Waals surface area contributed by atoms with Crippen molar-refractivity contribution >= 4 is 34.0 Å². The Morgan fingerprint density at radius 1 is 1.38 bits per heavy atom. The molecule has 0 bridgehead atoms. The molecule has 24 heavy (non-hydrogen) atoms. The minimum Gasteiger partial charge on any atom is -0.351 e. The molecule has 0 aliphatic heterocycles. The van der Waals surface area contributed by atoms with Gasteiger partial charge in [-0.1, -0.05) is 18.2 Å². The first-order valence-corrected chi connectivity index (χ1v) is 9.24. The number of hydrogen-bond acceptors (Lipinski definition) is 5. The lowest BCUT2D eigenvalue weighted by Crippen LogP contribution is -2.32. The standard InChI is InChI=1S/C16H14FN3O2S2/c17-13-4-2-1-3-11(13)10-23-7-5-18-14(21)12-9-19-16-20(15(12)22)6-8-24-16/h1-4,6,8-9H,5,7,10H2,(H,18,21). The Hall–Kier alpha value is -2.19. The molecule has 1 N–H and O–H groups in total. The fraction of sp³-hybridized carbons (Fsp3) is 0.188. The van der Waals surface area contributed by atoms with Crippen molar-refractivity contribution in [1.29, 1.82) is 0 Å². The van der Waals surface area contributed by atoms with Gasteiger partial charge in [-0.3, -0.25) is 14.0 Å². The van der Waals surface area contributed by atoms with Crippen LogP contribution in [-0.4, -0.2) is 27.6 Å². The van der Waals surface area contributed by atoms with Gasteiger partial charge >= 0.3 is 0 Å². The average molecular weight is 363 g/mol. The summed E-state index contributed by atoms with van der Waals surface area (Å²) in [5.41, 5.74) is 0.280. The van der Waals surface area contributed by atoms with E-state index in [1.54, 1.807) is 29.8 Å². The number of benzene rings is 1. The van der Waals surface area contributed by atoms with E-state index in [4.69, 9.17) is 0 Å². The summed E-state index contributed by atoms with van der Waals surface area (Å²) in [5, 5.41) is 4.43. The maximum absolute atomic E-state index is 13.5. The summed E-state index contributed by atoms with van der Waals surface area (Å²) in [5.74, 6) is 0.486. The minimum absolute atomic E-state index is 0.0185. The van der Waals surface area contributed by atoms with Gasteiger partial charge in [0.05, 0.1) is 0 Å². The number of halogens is 1. The second-order valence-corrected chi connectivity index (χ2v) is 6.91. The van der Waals surface area contributed by atoms with Gasteiger partial charge in [-0.25, -0.2) is 9.37 Å². The van der Waals surface area contributed by atoms with Gasteiger partial charge in [-0.15, -0.1) is 11.3 Å². The van der Waals surface area contributed by atoms with Crippen molar-refractivity contribution in [2.75, 3.05) is 12.3 Å². The SMILES string of the molecule is O=C(NCCSCc1ccccc1F)c1cnc2sccn2c1=O. The Balaban J connectivity index is 1.51. The van der Waals surface area contributed by atoms with Crippen molar-refractivity contribution in [2.24, 2.45) is 0 Å². The van der Waals surface area contributed by atoms with E-state index >= 15 is 0 Å². The van der Waals surface area contributed by atoms with Gasteiger partial charge in [0, 0.05) is 35.8 Å². The Morgan fingerprint density at radius 3 is 3.04 bits per heavy atom. The molecule has 0 atom stereocenters. The van der Waals surface area contributed by atoms with E-state index in [9.17, 15) is 14.0 Å². The molecule has 5 nitrogen and oxygen atoms in total. The van der Waals surface area contributed by atoms with Crippen molar-refractivity contribution < 1.29 is 9.18 Å². The second-order valence-electron chi connectivity index (χ2n) is 4.93. The first-order chi connectivity index (χ1) is 11.7. The molecule has 2 heterocycles. The topological polar surface area (TPSA) is 63.5 Å². The monoisotopic (exact) mass is 363 g/mol. The van der Waals surface area contributed by atoms with E-state index in [2.05, 4.69) is 10.3 Å². The van der Waals surface area contributed by atoms with Crippen LogP contribution in [0.3, 0.4) is 0 Å². The predicted octanol–water partition coefficient (Wildman–Crippen LogP) is 2.56. The molecule has 1 aromatic carbocycles. The van der Waals surface area contributed by atoms with Gasteiger partial charge in [0.2, 0.25) is 0 Å². The van der Waals surface area contributed by atoms with E-state index in [0.717, 1.165) is 0 Å². The number of nitrogens with zero attached hydrogens (tertiary/aromatic N) is 2. The molecule has 3 rings (SSSR count). The maximum Gasteiger partial charge on any atom is 0.271 e. The van der Waals surface area contributed by atoms with Crippen LogP contribution in [0.4, 0.5) is 4.39 Å². The minimum atomic E-state index is -0.445. The number of thiazole rings is 1. The molecule has 0 unspecified atom stereocenters. The molecule has 0 saturated heterocycles. The van der Waals surface area contributed by atoms with E-state index in [0.29, 0.717) is 28.6 Å². The van der Waals surface area contributed by atoms with E-state index in [1.165, 1.54) is 39.8 Å². The molecule has 0 spiro atoms. The van der Waals surface area contributed by atoms with Crippen LogP contribution in [0, 0.1) is 5.82 Å². The van der Waals surface area contributed by atoms with Gasteiger partial charge in [0.15, 0.2) is 4.96 Å². The lowest BCUT2D eigenvalue weighted by Gasteiger charge is -2.06. The number of fused-ring (bicyclic) bond motifs is 1. The molecule has 0 fully saturated rings. The predicted molar refractivity (Wildman–Crippen MR) is 94.2 cm³/mol. The van der Waals surface area contributed by atoms with Crippen molar-refractivity contribution in [1.82, 2.24) is 14.7 Å². The number of nitrogens with one attached hydrogen (secondary N) is 1. The summed E-state index contributed by atoms with van der Waals surface area (Å²) >= 11 is 2.85. The third-order valence-electron chi connectivity index (χ3n) is 3.33. The third-order valence-corrected chi connectivity index (χ3v) is 5.11. The molecule has 0 saturated carbocycles. The van der Waals surface area contributed by atoms with Crippen molar-refractivity contribution in [3.63, 3.8) is 0 Å². The first kappa shape index (κ1) is 16.7.